The van der Waals surface area contributed by atoms with Crippen LogP contribution in [0.3, 0.4) is 0 Å². The SMILES string of the molecule is O=C1CO[C@H]2CCN(C(=O)N3CC4(CC(Cc5ccn6c(C(F)(F)F)cnc6n5)C4)C3)C[C@H]2N1. The number of carbonyl (C=O) groups is 2. The summed E-state index contributed by atoms with van der Waals surface area (Å²) in [5.74, 6) is 0.318. The van der Waals surface area contributed by atoms with Gasteiger partial charge in [0.25, 0.3) is 0 Å². The fourth-order valence-corrected chi connectivity index (χ4v) is 6.07. The molecule has 3 aliphatic heterocycles. The van der Waals surface area contributed by atoms with E-state index < -0.39 is 11.9 Å². The first-order chi connectivity index (χ1) is 16.2. The van der Waals surface area contributed by atoms with E-state index in [0.717, 1.165) is 48.6 Å². The Bertz CT molecular complexity index is 1140. The molecule has 3 amide bonds. The molecule has 2 atom stereocenters. The number of amides is 3. The van der Waals surface area contributed by atoms with E-state index in [2.05, 4.69) is 15.3 Å². The number of fused-ring (bicyclic) bond motifs is 2. The van der Waals surface area contributed by atoms with Gasteiger partial charge in [-0.25, -0.2) is 14.8 Å². The minimum absolute atomic E-state index is 0.0132. The number of nitrogens with one attached hydrogen (secondary N) is 1. The second-order valence-electron chi connectivity index (χ2n) is 10.1. The molecule has 4 fully saturated rings. The summed E-state index contributed by atoms with van der Waals surface area (Å²) in [6.45, 7) is 2.62. The van der Waals surface area contributed by atoms with Crippen LogP contribution in [0.5, 0.6) is 0 Å². The summed E-state index contributed by atoms with van der Waals surface area (Å²) in [5.41, 5.74) is 0.0475. The quantitative estimate of drug-likeness (QED) is 0.710. The third-order valence-electron chi connectivity index (χ3n) is 7.59. The van der Waals surface area contributed by atoms with E-state index in [1.807, 2.05) is 4.90 Å². The Kier molecular flexibility index (Phi) is 4.81. The van der Waals surface area contributed by atoms with Gasteiger partial charge in [0.2, 0.25) is 11.7 Å². The predicted molar refractivity (Wildman–Crippen MR) is 112 cm³/mol. The van der Waals surface area contributed by atoms with Gasteiger partial charge in [0, 0.05) is 43.5 Å². The van der Waals surface area contributed by atoms with Crippen molar-refractivity contribution >= 4 is 17.7 Å². The van der Waals surface area contributed by atoms with E-state index in [4.69, 9.17) is 4.74 Å². The number of morpholine rings is 1. The first kappa shape index (κ1) is 21.6. The van der Waals surface area contributed by atoms with Gasteiger partial charge >= 0.3 is 12.2 Å². The molecular formula is C22H25F3N6O3. The molecule has 3 saturated heterocycles. The average molecular weight is 478 g/mol. The van der Waals surface area contributed by atoms with Crippen molar-refractivity contribution in [1.29, 1.82) is 0 Å². The van der Waals surface area contributed by atoms with Gasteiger partial charge in [-0.3, -0.25) is 9.20 Å². The number of rotatable bonds is 2. The number of carbonyl (C=O) groups excluding carboxylic acids is 2. The topological polar surface area (TPSA) is 92.1 Å². The largest absolute Gasteiger partial charge is 0.433 e. The number of hydrogen-bond donors (Lipinski definition) is 1. The molecule has 4 aliphatic rings. The average Bonchev–Trinajstić information content (AvgIpc) is 3.17. The molecule has 0 unspecified atom stereocenters. The highest BCUT2D eigenvalue weighted by molar-refractivity contribution is 5.79. The number of urea groups is 1. The Labute approximate surface area is 193 Å². The van der Waals surface area contributed by atoms with Crippen LogP contribution in [0.25, 0.3) is 5.78 Å². The number of hydrogen-bond acceptors (Lipinski definition) is 5. The maximum Gasteiger partial charge on any atom is 0.433 e. The molecule has 2 aromatic heterocycles. The van der Waals surface area contributed by atoms with Gasteiger partial charge in [-0.1, -0.05) is 0 Å². The molecule has 0 radical (unpaired) electrons. The lowest BCUT2D eigenvalue weighted by atomic mass is 9.57. The maximum atomic E-state index is 13.0. The zero-order valence-corrected chi connectivity index (χ0v) is 18.4. The van der Waals surface area contributed by atoms with Gasteiger partial charge in [0.15, 0.2) is 0 Å². The summed E-state index contributed by atoms with van der Waals surface area (Å²) in [7, 11) is 0. The van der Waals surface area contributed by atoms with Crippen LogP contribution >= 0.6 is 0 Å². The van der Waals surface area contributed by atoms with Gasteiger partial charge in [0.05, 0.1) is 18.3 Å². The lowest BCUT2D eigenvalue weighted by Crippen LogP contribution is -2.68. The van der Waals surface area contributed by atoms with Gasteiger partial charge in [0.1, 0.15) is 12.3 Å². The van der Waals surface area contributed by atoms with E-state index in [1.54, 1.807) is 11.0 Å². The summed E-state index contributed by atoms with van der Waals surface area (Å²) in [6, 6.07) is 1.50. The number of halogens is 3. The van der Waals surface area contributed by atoms with Gasteiger partial charge in [-0.15, -0.1) is 0 Å². The number of imidazole rings is 1. The Balaban J connectivity index is 1.00. The highest BCUT2D eigenvalue weighted by atomic mass is 19.4. The number of aromatic nitrogens is 3. The highest BCUT2D eigenvalue weighted by Gasteiger charge is 2.54. The normalized spacial score (nSPS) is 26.7. The molecule has 34 heavy (non-hydrogen) atoms. The van der Waals surface area contributed by atoms with E-state index in [0.29, 0.717) is 25.4 Å². The molecule has 6 rings (SSSR count). The minimum atomic E-state index is -4.47. The highest BCUT2D eigenvalue weighted by Crippen LogP contribution is 2.53. The molecule has 9 nitrogen and oxygen atoms in total. The van der Waals surface area contributed by atoms with Crippen molar-refractivity contribution in [3.05, 3.63) is 29.8 Å². The summed E-state index contributed by atoms with van der Waals surface area (Å²) < 4.78 is 45.6. The second-order valence-corrected chi connectivity index (χ2v) is 10.1. The maximum absolute atomic E-state index is 13.0. The monoisotopic (exact) mass is 478 g/mol. The summed E-state index contributed by atoms with van der Waals surface area (Å²) in [4.78, 5) is 36.3. The van der Waals surface area contributed by atoms with E-state index in [9.17, 15) is 22.8 Å². The van der Waals surface area contributed by atoms with Crippen LogP contribution < -0.4 is 5.32 Å². The van der Waals surface area contributed by atoms with Gasteiger partial charge in [-0.05, 0) is 37.7 Å². The third kappa shape index (κ3) is 3.68. The molecule has 5 heterocycles. The molecule has 1 aliphatic carbocycles. The van der Waals surface area contributed by atoms with Crippen LogP contribution in [-0.4, -0.2) is 81.0 Å². The smallest absolute Gasteiger partial charge is 0.366 e. The van der Waals surface area contributed by atoms with Crippen molar-refractivity contribution in [2.45, 2.75) is 44.0 Å². The van der Waals surface area contributed by atoms with Crippen LogP contribution in [0.15, 0.2) is 18.5 Å². The Morgan fingerprint density at radius 1 is 1.26 bits per heavy atom. The van der Waals surface area contributed by atoms with Crippen molar-refractivity contribution in [2.75, 3.05) is 32.8 Å². The van der Waals surface area contributed by atoms with E-state index in [-0.39, 0.29) is 41.9 Å². The molecule has 12 heteroatoms. The Hall–Kier alpha value is -2.89. The van der Waals surface area contributed by atoms with E-state index >= 15 is 0 Å². The van der Waals surface area contributed by atoms with Crippen molar-refractivity contribution in [3.8, 4) is 0 Å². The molecule has 1 spiro atoms. The number of alkyl halides is 3. The molecule has 182 valence electrons. The summed E-state index contributed by atoms with van der Waals surface area (Å²) in [5, 5.41) is 2.92. The third-order valence-corrected chi connectivity index (χ3v) is 7.59. The first-order valence-electron chi connectivity index (χ1n) is 11.5. The standard InChI is InChI=1S/C22H25F3N6O3/c23-22(24,25)17-8-26-19-27-14(1-4-31(17)19)5-13-6-21(7-13)11-30(12-21)20(33)29-3-2-16-15(9-29)28-18(32)10-34-16/h1,4,8,13,15-16H,2-3,5-7,9-12H2,(H,28,32)/t15-,16+/m1/s1. The molecule has 1 saturated carbocycles. The number of piperidine rings is 1. The van der Waals surface area contributed by atoms with Crippen molar-refractivity contribution < 1.29 is 27.5 Å². The zero-order valence-electron chi connectivity index (χ0n) is 18.4. The summed E-state index contributed by atoms with van der Waals surface area (Å²) in [6.07, 6.45) is 1.06. The lowest BCUT2D eigenvalue weighted by molar-refractivity contribution is -0.142. The van der Waals surface area contributed by atoms with Crippen LogP contribution in [0.4, 0.5) is 18.0 Å². The first-order valence-corrected chi connectivity index (χ1v) is 11.5. The van der Waals surface area contributed by atoms with E-state index in [1.165, 1.54) is 6.20 Å². The van der Waals surface area contributed by atoms with Crippen LogP contribution in [0.2, 0.25) is 0 Å². The van der Waals surface area contributed by atoms with Crippen molar-refractivity contribution in [2.24, 2.45) is 11.3 Å². The fraction of sp³-hybridized carbons (Fsp3) is 0.636. The molecule has 0 bridgehead atoms. The molecule has 2 aromatic rings. The van der Waals surface area contributed by atoms with Crippen LogP contribution in [0, 0.1) is 11.3 Å². The fourth-order valence-electron chi connectivity index (χ4n) is 6.07. The molecule has 0 aromatic carbocycles. The van der Waals surface area contributed by atoms with Crippen LogP contribution in [-0.2, 0) is 22.1 Å². The predicted octanol–water partition coefficient (Wildman–Crippen LogP) is 1.71. The Morgan fingerprint density at radius 2 is 2.06 bits per heavy atom. The number of nitrogens with zero attached hydrogens (tertiary/aromatic N) is 5. The molecule has 1 N–H and O–H groups in total. The van der Waals surface area contributed by atoms with Gasteiger partial charge in [-0.2, -0.15) is 13.2 Å². The summed E-state index contributed by atoms with van der Waals surface area (Å²) >= 11 is 0. The number of ether oxygens (including phenoxy) is 1. The lowest BCUT2D eigenvalue weighted by Gasteiger charge is -2.60. The van der Waals surface area contributed by atoms with Crippen molar-refractivity contribution in [1.82, 2.24) is 29.5 Å². The minimum Gasteiger partial charge on any atom is -0.366 e. The van der Waals surface area contributed by atoms with Crippen LogP contribution in [0.1, 0.15) is 30.7 Å². The Morgan fingerprint density at radius 3 is 2.82 bits per heavy atom. The van der Waals surface area contributed by atoms with Gasteiger partial charge < -0.3 is 19.9 Å². The molecular weight excluding hydrogens is 453 g/mol. The number of likely N-dealkylation sites (tertiary alicyclic amines) is 2. The van der Waals surface area contributed by atoms with Crippen molar-refractivity contribution in [3.63, 3.8) is 0 Å². The zero-order chi connectivity index (χ0) is 23.7. The second kappa shape index (κ2) is 7.56.